The molecule has 3 nitrogen and oxygen atoms in total. The molecule has 22 heavy (non-hydrogen) atoms. The number of rotatable bonds is 4. The topological polar surface area (TPSA) is 41.1 Å². The molecule has 0 aliphatic heterocycles. The summed E-state index contributed by atoms with van der Waals surface area (Å²) >= 11 is 13.8. The largest absolute Gasteiger partial charge is 0.338 e. The third kappa shape index (κ3) is 4.57. The first-order chi connectivity index (χ1) is 10.5. The van der Waals surface area contributed by atoms with E-state index in [4.69, 9.17) is 23.2 Å². The molecular formula is C16H16Cl2N2OS. The summed E-state index contributed by atoms with van der Waals surface area (Å²) in [4.78, 5) is 13.6. The van der Waals surface area contributed by atoms with Crippen LogP contribution in [0.25, 0.3) is 0 Å². The molecule has 0 fully saturated rings. The lowest BCUT2D eigenvalue weighted by molar-refractivity contribution is 0.252. The number of hydrogen-bond donors (Lipinski definition) is 2. The van der Waals surface area contributed by atoms with Gasteiger partial charge in [0.15, 0.2) is 0 Å². The molecule has 2 aromatic carbocycles. The summed E-state index contributed by atoms with van der Waals surface area (Å²) in [7, 11) is 0. The van der Waals surface area contributed by atoms with Crippen LogP contribution in [0.5, 0.6) is 0 Å². The number of carbonyl (C=O) groups excluding carboxylic acids is 1. The van der Waals surface area contributed by atoms with E-state index >= 15 is 0 Å². The summed E-state index contributed by atoms with van der Waals surface area (Å²) in [6.45, 7) is 4.40. The number of aryl methyl sites for hydroxylation is 1. The smallest absolute Gasteiger partial charge is 0.319 e. The Morgan fingerprint density at radius 2 is 1.86 bits per heavy atom. The van der Waals surface area contributed by atoms with Crippen molar-refractivity contribution >= 4 is 46.7 Å². The lowest BCUT2D eigenvalue weighted by Crippen LogP contribution is -2.28. The van der Waals surface area contributed by atoms with Crippen LogP contribution in [0.3, 0.4) is 0 Å². The van der Waals surface area contributed by atoms with Crippen LogP contribution in [0.2, 0.25) is 10.0 Å². The van der Waals surface area contributed by atoms with E-state index in [1.165, 1.54) is 0 Å². The highest BCUT2D eigenvalue weighted by Crippen LogP contribution is 2.38. The van der Waals surface area contributed by atoms with Crippen molar-refractivity contribution in [2.75, 3.05) is 11.9 Å². The zero-order valence-electron chi connectivity index (χ0n) is 12.2. The first-order valence-corrected chi connectivity index (χ1v) is 8.35. The maximum atomic E-state index is 11.6. The van der Waals surface area contributed by atoms with Crippen molar-refractivity contribution < 1.29 is 4.79 Å². The summed E-state index contributed by atoms with van der Waals surface area (Å²) in [5.41, 5.74) is 1.67. The minimum atomic E-state index is -0.240. The molecule has 0 radical (unpaired) electrons. The maximum Gasteiger partial charge on any atom is 0.319 e. The van der Waals surface area contributed by atoms with Crippen LogP contribution in [0, 0.1) is 6.92 Å². The fourth-order valence-corrected chi connectivity index (χ4v) is 3.28. The van der Waals surface area contributed by atoms with Crippen molar-refractivity contribution in [3.63, 3.8) is 0 Å². The van der Waals surface area contributed by atoms with Gasteiger partial charge in [-0.15, -0.1) is 0 Å². The van der Waals surface area contributed by atoms with E-state index in [0.29, 0.717) is 22.3 Å². The highest BCUT2D eigenvalue weighted by molar-refractivity contribution is 7.99. The molecule has 116 valence electrons. The molecule has 0 saturated carbocycles. The number of urea groups is 1. The van der Waals surface area contributed by atoms with Crippen molar-refractivity contribution in [2.24, 2.45) is 0 Å². The van der Waals surface area contributed by atoms with Gasteiger partial charge in [0, 0.05) is 27.0 Å². The highest BCUT2D eigenvalue weighted by Gasteiger charge is 2.10. The van der Waals surface area contributed by atoms with Crippen LogP contribution in [0.15, 0.2) is 46.2 Å². The molecule has 2 N–H and O–H groups in total. The van der Waals surface area contributed by atoms with Crippen molar-refractivity contribution in [2.45, 2.75) is 23.6 Å². The molecule has 2 aromatic rings. The number of anilines is 1. The second kappa shape index (κ2) is 7.77. The Kier molecular flexibility index (Phi) is 6.00. The van der Waals surface area contributed by atoms with E-state index in [0.717, 1.165) is 15.4 Å². The van der Waals surface area contributed by atoms with Crippen molar-refractivity contribution in [3.8, 4) is 0 Å². The van der Waals surface area contributed by atoms with Gasteiger partial charge in [0.25, 0.3) is 0 Å². The second-order valence-electron chi connectivity index (χ2n) is 4.64. The molecule has 0 atom stereocenters. The van der Waals surface area contributed by atoms with Gasteiger partial charge < -0.3 is 10.6 Å². The third-order valence-corrected chi connectivity index (χ3v) is 4.77. The second-order valence-corrected chi connectivity index (χ2v) is 6.57. The minimum Gasteiger partial charge on any atom is -0.338 e. The van der Waals surface area contributed by atoms with Gasteiger partial charge in [-0.3, -0.25) is 0 Å². The third-order valence-electron chi connectivity index (χ3n) is 2.86. The molecule has 0 spiro atoms. The normalized spacial score (nSPS) is 10.4. The number of amides is 2. The summed E-state index contributed by atoms with van der Waals surface area (Å²) in [6, 6.07) is 11.0. The van der Waals surface area contributed by atoms with Crippen molar-refractivity contribution in [3.05, 3.63) is 52.0 Å². The molecule has 0 bridgehead atoms. The Labute approximate surface area is 144 Å². The summed E-state index contributed by atoms with van der Waals surface area (Å²) in [5, 5.41) is 6.75. The van der Waals surface area contributed by atoms with Crippen molar-refractivity contribution in [1.29, 1.82) is 0 Å². The van der Waals surface area contributed by atoms with Gasteiger partial charge in [0.05, 0.1) is 5.02 Å². The van der Waals surface area contributed by atoms with E-state index in [9.17, 15) is 4.79 Å². The fraction of sp³-hybridized carbons (Fsp3) is 0.188. The monoisotopic (exact) mass is 354 g/mol. The van der Waals surface area contributed by atoms with Gasteiger partial charge >= 0.3 is 6.03 Å². The van der Waals surface area contributed by atoms with E-state index in [-0.39, 0.29) is 6.03 Å². The van der Waals surface area contributed by atoms with Gasteiger partial charge in [0.2, 0.25) is 0 Å². The summed E-state index contributed by atoms with van der Waals surface area (Å²) < 4.78 is 0. The van der Waals surface area contributed by atoms with Gasteiger partial charge in [-0.05, 0) is 55.8 Å². The minimum absolute atomic E-state index is 0.240. The molecule has 0 aliphatic carbocycles. The van der Waals surface area contributed by atoms with Crippen LogP contribution >= 0.6 is 35.0 Å². The Morgan fingerprint density at radius 1 is 1.18 bits per heavy atom. The molecule has 2 rings (SSSR count). The van der Waals surface area contributed by atoms with Crippen LogP contribution in [0.4, 0.5) is 10.5 Å². The number of halogens is 2. The predicted molar refractivity (Wildman–Crippen MR) is 94.5 cm³/mol. The van der Waals surface area contributed by atoms with E-state index in [1.807, 2.05) is 44.2 Å². The SMILES string of the molecule is CCNC(=O)Nc1cc(C)c(Sc2ccc(Cl)cc2)c(Cl)c1. The predicted octanol–water partition coefficient (Wildman–Crippen LogP) is 5.59. The van der Waals surface area contributed by atoms with E-state index in [2.05, 4.69) is 10.6 Å². The summed E-state index contributed by atoms with van der Waals surface area (Å²) in [6.07, 6.45) is 0. The Balaban J connectivity index is 2.19. The van der Waals surface area contributed by atoms with Crippen LogP contribution < -0.4 is 10.6 Å². The average Bonchev–Trinajstić information content (AvgIpc) is 2.45. The molecule has 0 heterocycles. The Bertz CT molecular complexity index is 651. The van der Waals surface area contributed by atoms with E-state index in [1.54, 1.807) is 17.8 Å². The molecule has 0 saturated heterocycles. The number of carbonyl (C=O) groups is 1. The number of hydrogen-bond acceptors (Lipinski definition) is 2. The first kappa shape index (κ1) is 17.0. The number of nitrogens with one attached hydrogen (secondary N) is 2. The standard InChI is InChI=1S/C16H16Cl2N2OS/c1-3-19-16(21)20-12-8-10(2)15(14(18)9-12)22-13-6-4-11(17)5-7-13/h4-9H,3H2,1-2H3,(H2,19,20,21). The fourth-order valence-electron chi connectivity index (χ4n) is 1.89. The Hall–Kier alpha value is -1.36. The molecule has 6 heteroatoms. The molecule has 2 amide bonds. The zero-order chi connectivity index (χ0) is 16.1. The quantitative estimate of drug-likeness (QED) is 0.750. The van der Waals surface area contributed by atoms with E-state index < -0.39 is 0 Å². The van der Waals surface area contributed by atoms with Crippen LogP contribution in [-0.4, -0.2) is 12.6 Å². The average molecular weight is 355 g/mol. The van der Waals surface area contributed by atoms with Gasteiger partial charge in [-0.2, -0.15) is 0 Å². The van der Waals surface area contributed by atoms with Gasteiger partial charge in [0.1, 0.15) is 0 Å². The summed E-state index contributed by atoms with van der Waals surface area (Å²) in [5.74, 6) is 0. The van der Waals surface area contributed by atoms with Gasteiger partial charge in [-0.25, -0.2) is 4.79 Å². The van der Waals surface area contributed by atoms with Crippen molar-refractivity contribution in [1.82, 2.24) is 5.32 Å². The zero-order valence-corrected chi connectivity index (χ0v) is 14.6. The maximum absolute atomic E-state index is 11.6. The Morgan fingerprint density at radius 3 is 2.45 bits per heavy atom. The first-order valence-electron chi connectivity index (χ1n) is 6.78. The molecule has 0 aliphatic rings. The molecule has 0 aromatic heterocycles. The highest BCUT2D eigenvalue weighted by atomic mass is 35.5. The lowest BCUT2D eigenvalue weighted by atomic mass is 10.2. The van der Waals surface area contributed by atoms with Crippen LogP contribution in [-0.2, 0) is 0 Å². The molecular weight excluding hydrogens is 339 g/mol. The lowest BCUT2D eigenvalue weighted by Gasteiger charge is -2.12. The number of benzene rings is 2. The van der Waals surface area contributed by atoms with Crippen LogP contribution in [0.1, 0.15) is 12.5 Å². The van der Waals surface area contributed by atoms with Gasteiger partial charge in [-0.1, -0.05) is 35.0 Å². The molecule has 0 unspecified atom stereocenters.